The largest absolute Gasteiger partial charge is 0.487 e. The fourth-order valence-electron chi connectivity index (χ4n) is 14.3. The molecule has 3 N–H and O–H groups in total. The maximum Gasteiger partial charge on any atom is 0.311 e. The SMILES string of the molecule is Cc1c(C)c2c(c(C)c1OC(=O)CC[C@@H](C)[C@H]1CC[C@H]3[C@@H]4[C@H](O)C[C@@H]5C[C@H](O)CC[C@]5(C)[C@H]4C[C@H](O)[C@]13C)CC[C@@](C)(CCC[C@H](C)CCC[C@H](C)CCCC(C)C)O2. The van der Waals surface area contributed by atoms with Crippen molar-refractivity contribution >= 4 is 5.97 Å². The summed E-state index contributed by atoms with van der Waals surface area (Å²) in [6, 6.07) is 0. The summed E-state index contributed by atoms with van der Waals surface area (Å²) in [5, 5.41) is 34.2. The number of hydrogen-bond donors (Lipinski definition) is 3. The molecule has 6 nitrogen and oxygen atoms in total. The van der Waals surface area contributed by atoms with Crippen molar-refractivity contribution in [3.63, 3.8) is 0 Å². The summed E-state index contributed by atoms with van der Waals surface area (Å²) in [7, 11) is 0. The summed E-state index contributed by atoms with van der Waals surface area (Å²) in [6.45, 7) is 25.1. The number of carbonyl (C=O) groups excluding carboxylic acids is 1. The van der Waals surface area contributed by atoms with Crippen molar-refractivity contribution < 1.29 is 29.6 Å². The van der Waals surface area contributed by atoms with E-state index in [-0.39, 0.29) is 52.4 Å². The second-order valence-electron chi connectivity index (χ2n) is 22.9. The van der Waals surface area contributed by atoms with Crippen LogP contribution < -0.4 is 9.47 Å². The molecule has 5 aliphatic rings. The monoisotopic (exact) mass is 821 g/mol. The van der Waals surface area contributed by atoms with Crippen molar-refractivity contribution in [1.82, 2.24) is 0 Å². The van der Waals surface area contributed by atoms with E-state index in [1.165, 1.54) is 56.9 Å². The maximum absolute atomic E-state index is 13.7. The van der Waals surface area contributed by atoms with Crippen LogP contribution in [0.5, 0.6) is 11.5 Å². The maximum atomic E-state index is 13.7. The van der Waals surface area contributed by atoms with Gasteiger partial charge in [-0.25, -0.2) is 0 Å². The number of fused-ring (bicyclic) bond motifs is 6. The molecule has 6 heteroatoms. The van der Waals surface area contributed by atoms with E-state index in [1.54, 1.807) is 0 Å². The van der Waals surface area contributed by atoms with E-state index in [2.05, 4.69) is 76.2 Å². The first-order valence-corrected chi connectivity index (χ1v) is 24.9. The fraction of sp³-hybridized carbons (Fsp3) is 0.868. The van der Waals surface area contributed by atoms with Gasteiger partial charge in [-0.3, -0.25) is 4.79 Å². The third kappa shape index (κ3) is 9.80. The predicted molar refractivity (Wildman–Crippen MR) is 241 cm³/mol. The number of aliphatic hydroxyl groups is 3. The third-order valence-corrected chi connectivity index (χ3v) is 18.4. The number of ether oxygens (including phenoxy) is 2. The van der Waals surface area contributed by atoms with Gasteiger partial charge in [-0.15, -0.1) is 0 Å². The van der Waals surface area contributed by atoms with Gasteiger partial charge in [-0.2, -0.15) is 0 Å². The molecule has 6 rings (SSSR count). The number of esters is 1. The topological polar surface area (TPSA) is 96.2 Å². The minimum atomic E-state index is -0.422. The molecular weight excluding hydrogens is 733 g/mol. The molecule has 4 fully saturated rings. The molecule has 0 unspecified atom stereocenters. The van der Waals surface area contributed by atoms with Gasteiger partial charge in [-0.1, -0.05) is 93.4 Å². The van der Waals surface area contributed by atoms with Crippen LogP contribution in [0.15, 0.2) is 0 Å². The lowest BCUT2D eigenvalue weighted by atomic mass is 9.43. The van der Waals surface area contributed by atoms with Crippen LogP contribution in [0.25, 0.3) is 0 Å². The Labute approximate surface area is 360 Å². The molecule has 0 saturated heterocycles. The smallest absolute Gasteiger partial charge is 0.311 e. The Kier molecular flexibility index (Phi) is 15.1. The molecule has 0 radical (unpaired) electrons. The van der Waals surface area contributed by atoms with E-state index in [9.17, 15) is 20.1 Å². The number of hydrogen-bond acceptors (Lipinski definition) is 6. The highest BCUT2D eigenvalue weighted by molar-refractivity contribution is 5.74. The van der Waals surface area contributed by atoms with Gasteiger partial charge in [-0.05, 0) is 186 Å². The summed E-state index contributed by atoms with van der Waals surface area (Å²) in [6.07, 6.45) is 19.8. The molecule has 1 aromatic carbocycles. The lowest BCUT2D eigenvalue weighted by Gasteiger charge is -2.63. The molecule has 14 atom stereocenters. The Hall–Kier alpha value is -1.63. The number of rotatable bonds is 17. The summed E-state index contributed by atoms with van der Waals surface area (Å²) in [4.78, 5) is 13.7. The highest BCUT2D eigenvalue weighted by Gasteiger charge is 2.65. The molecule has 59 heavy (non-hydrogen) atoms. The first kappa shape index (κ1) is 46.9. The van der Waals surface area contributed by atoms with Gasteiger partial charge < -0.3 is 24.8 Å². The average Bonchev–Trinajstić information content (AvgIpc) is 3.53. The van der Waals surface area contributed by atoms with E-state index in [0.29, 0.717) is 29.9 Å². The van der Waals surface area contributed by atoms with Crippen LogP contribution in [0.3, 0.4) is 0 Å². The highest BCUT2D eigenvalue weighted by atomic mass is 16.5. The Morgan fingerprint density at radius 1 is 0.763 bits per heavy atom. The summed E-state index contributed by atoms with van der Waals surface area (Å²) < 4.78 is 13.2. The zero-order valence-electron chi connectivity index (χ0n) is 39.6. The van der Waals surface area contributed by atoms with Gasteiger partial charge in [0.1, 0.15) is 17.1 Å². The summed E-state index contributed by atoms with van der Waals surface area (Å²) >= 11 is 0. The Balaban J connectivity index is 1.00. The Morgan fingerprint density at radius 2 is 1.42 bits per heavy atom. The minimum absolute atomic E-state index is 0.0689. The van der Waals surface area contributed by atoms with Crippen molar-refractivity contribution in [2.24, 2.45) is 64.1 Å². The fourth-order valence-corrected chi connectivity index (χ4v) is 14.3. The predicted octanol–water partition coefficient (Wildman–Crippen LogP) is 12.4. The van der Waals surface area contributed by atoms with Gasteiger partial charge in [0.05, 0.1) is 18.3 Å². The molecule has 1 aliphatic heterocycles. The van der Waals surface area contributed by atoms with Crippen molar-refractivity contribution in [3.05, 3.63) is 22.3 Å². The molecule has 4 saturated carbocycles. The van der Waals surface area contributed by atoms with Crippen LogP contribution in [0.2, 0.25) is 0 Å². The third-order valence-electron chi connectivity index (χ3n) is 18.4. The lowest BCUT2D eigenvalue weighted by Crippen LogP contribution is -2.62. The van der Waals surface area contributed by atoms with E-state index < -0.39 is 6.10 Å². The number of aliphatic hydroxyl groups excluding tert-OH is 3. The number of carbonyl (C=O) groups is 1. The second-order valence-corrected chi connectivity index (χ2v) is 22.9. The molecule has 336 valence electrons. The van der Waals surface area contributed by atoms with Crippen molar-refractivity contribution in [2.45, 2.75) is 228 Å². The molecular formula is C53H88O6. The first-order valence-electron chi connectivity index (χ1n) is 24.9. The van der Waals surface area contributed by atoms with Gasteiger partial charge in [0.25, 0.3) is 0 Å². The molecule has 4 aliphatic carbocycles. The average molecular weight is 821 g/mol. The van der Waals surface area contributed by atoms with Crippen LogP contribution in [0.1, 0.15) is 200 Å². The van der Waals surface area contributed by atoms with E-state index >= 15 is 0 Å². The summed E-state index contributed by atoms with van der Waals surface area (Å²) in [5.74, 6) is 5.60. The normalized spacial score (nSPS) is 36.8. The first-order chi connectivity index (χ1) is 27.8. The van der Waals surface area contributed by atoms with E-state index in [0.717, 1.165) is 111 Å². The van der Waals surface area contributed by atoms with Gasteiger partial charge in [0, 0.05) is 12.0 Å². The van der Waals surface area contributed by atoms with E-state index in [4.69, 9.17) is 9.47 Å². The number of benzene rings is 1. The molecule has 1 heterocycles. The van der Waals surface area contributed by atoms with Crippen LogP contribution in [0, 0.1) is 84.9 Å². The Bertz CT molecular complexity index is 1590. The molecule has 0 spiro atoms. The van der Waals surface area contributed by atoms with Crippen LogP contribution >= 0.6 is 0 Å². The molecule has 0 bridgehead atoms. The van der Waals surface area contributed by atoms with Crippen LogP contribution in [-0.4, -0.2) is 45.2 Å². The van der Waals surface area contributed by atoms with Gasteiger partial charge in [0.15, 0.2) is 0 Å². The zero-order valence-corrected chi connectivity index (χ0v) is 39.6. The standard InChI is InChI=1S/C53H88O6/c1-32(2)15-12-16-33(3)17-13-18-34(4)19-14-26-51(9)27-25-41-38(8)49(36(6)37(7)50(41)59-51)58-47(57)23-20-35(5)42-21-22-43-48-44(31-46(56)53(42,43)11)52(10)28-24-40(54)29-39(52)30-45(48)55/h32-35,39-40,42-46,48,54-56H,12-31H2,1-11H3/t33-,34-,35-,39+,40-,42-,43+,44+,45-,46+,48+,51-,52+,53-/m1/s1. The van der Waals surface area contributed by atoms with Crippen molar-refractivity contribution in [2.75, 3.05) is 0 Å². The lowest BCUT2D eigenvalue weighted by molar-refractivity contribution is -0.207. The van der Waals surface area contributed by atoms with Gasteiger partial charge >= 0.3 is 5.97 Å². The van der Waals surface area contributed by atoms with Crippen LogP contribution in [0.4, 0.5) is 0 Å². The molecule has 0 amide bonds. The molecule has 0 aromatic heterocycles. The molecule has 1 aromatic rings. The van der Waals surface area contributed by atoms with Crippen molar-refractivity contribution in [1.29, 1.82) is 0 Å². The minimum Gasteiger partial charge on any atom is -0.487 e. The van der Waals surface area contributed by atoms with Gasteiger partial charge in [0.2, 0.25) is 0 Å². The highest BCUT2D eigenvalue weighted by Crippen LogP contribution is 2.68. The Morgan fingerprint density at radius 3 is 2.10 bits per heavy atom. The second kappa shape index (κ2) is 19.0. The van der Waals surface area contributed by atoms with Crippen LogP contribution in [-0.2, 0) is 11.2 Å². The van der Waals surface area contributed by atoms with Crippen molar-refractivity contribution in [3.8, 4) is 11.5 Å². The zero-order chi connectivity index (χ0) is 43.0. The summed E-state index contributed by atoms with van der Waals surface area (Å²) in [5.41, 5.74) is 3.95. The van der Waals surface area contributed by atoms with E-state index in [1.807, 2.05) is 0 Å². The quantitative estimate of drug-likeness (QED) is 0.107.